The van der Waals surface area contributed by atoms with Gasteiger partial charge in [-0.3, -0.25) is 0 Å². The summed E-state index contributed by atoms with van der Waals surface area (Å²) in [5, 5.41) is 5.09. The van der Waals surface area contributed by atoms with Gasteiger partial charge in [0.1, 0.15) is 12.0 Å². The summed E-state index contributed by atoms with van der Waals surface area (Å²) < 4.78 is 5.08. The van der Waals surface area contributed by atoms with Crippen LogP contribution < -0.4 is 0 Å². The van der Waals surface area contributed by atoms with Crippen LogP contribution in [0.25, 0.3) is 77.2 Å². The van der Waals surface area contributed by atoms with Crippen LogP contribution in [0.1, 0.15) is 30.6 Å². The molecule has 0 spiro atoms. The number of amidine groups is 1. The summed E-state index contributed by atoms with van der Waals surface area (Å²) >= 11 is 0. The lowest BCUT2D eigenvalue weighted by atomic mass is 9.92. The van der Waals surface area contributed by atoms with Gasteiger partial charge in [-0.25, -0.2) is 4.99 Å². The van der Waals surface area contributed by atoms with E-state index < -0.39 is 0 Å². The maximum Gasteiger partial charge on any atom is 0.137 e. The van der Waals surface area contributed by atoms with Crippen LogP contribution in [0.4, 0.5) is 0 Å². The summed E-state index contributed by atoms with van der Waals surface area (Å²) in [6.45, 7) is 2.26. The van der Waals surface area contributed by atoms with E-state index in [4.69, 9.17) is 4.99 Å². The molecule has 252 valence electrons. The number of fused-ring (bicyclic) bond motifs is 11. The van der Waals surface area contributed by atoms with E-state index in [1.807, 2.05) is 0 Å². The number of hydrogen-bond acceptors (Lipinski definition) is 2. The molecule has 2 aliphatic heterocycles. The minimum absolute atomic E-state index is 0.0298. The van der Waals surface area contributed by atoms with Gasteiger partial charge < -0.3 is 14.0 Å². The molecule has 1 atom stereocenters. The zero-order valence-electron chi connectivity index (χ0n) is 29.7. The molecule has 0 radical (unpaired) electrons. The molecule has 11 rings (SSSR count). The van der Waals surface area contributed by atoms with Crippen molar-refractivity contribution in [3.63, 3.8) is 0 Å². The number of nitrogens with zero attached hydrogens (tertiary/aromatic N) is 4. The molecule has 2 aromatic heterocycles. The SMILES string of the molecule is CC1=C(c2ccccc2)N=C(c2ccccc2)N(C)C(n2c3ccccc3c3cc4c(cc32)-c2ccccc2-n2c3ccccc3c3cccc-4c32)C1. The quantitative estimate of drug-likeness (QED) is 0.182. The summed E-state index contributed by atoms with van der Waals surface area (Å²) in [7, 11) is 2.22. The fourth-order valence-corrected chi connectivity index (χ4v) is 9.15. The van der Waals surface area contributed by atoms with Gasteiger partial charge in [-0.1, -0.05) is 133 Å². The molecule has 0 amide bonds. The predicted molar refractivity (Wildman–Crippen MR) is 222 cm³/mol. The molecule has 7 aromatic carbocycles. The van der Waals surface area contributed by atoms with Gasteiger partial charge >= 0.3 is 0 Å². The van der Waals surface area contributed by atoms with E-state index in [9.17, 15) is 0 Å². The molecule has 2 aliphatic rings. The fraction of sp³-hybridized carbons (Fsp3) is 0.0816. The summed E-state index contributed by atoms with van der Waals surface area (Å²) in [6, 6.07) is 59.8. The second-order valence-corrected chi connectivity index (χ2v) is 14.5. The highest BCUT2D eigenvalue weighted by atomic mass is 15.3. The zero-order chi connectivity index (χ0) is 35.2. The van der Waals surface area contributed by atoms with Gasteiger partial charge in [-0.15, -0.1) is 0 Å². The standard InChI is InChI=1S/C49H36N4/c1-31-28-46(51(2)49(33-18-7-4-8-19-33)50-47(31)32-16-5-3-6-17-32)52-42-25-12-11-22-36(42)41-29-39-38-24-15-23-37-34-20-9-13-26-43(34)53(48(37)38)44-27-14-10-21-35(44)40(39)30-45(41)52/h3-27,29-30,46H,28H2,1-2H3. The minimum atomic E-state index is -0.0298. The largest absolute Gasteiger partial charge is 0.338 e. The lowest BCUT2D eigenvalue weighted by Crippen LogP contribution is -2.34. The van der Waals surface area contributed by atoms with Crippen LogP contribution >= 0.6 is 0 Å². The first kappa shape index (κ1) is 30.0. The van der Waals surface area contributed by atoms with Gasteiger partial charge in [-0.2, -0.15) is 0 Å². The highest BCUT2D eigenvalue weighted by Crippen LogP contribution is 2.49. The van der Waals surface area contributed by atoms with Crippen molar-refractivity contribution in [2.45, 2.75) is 19.5 Å². The Labute approximate surface area is 308 Å². The number of hydrogen-bond donors (Lipinski definition) is 0. The lowest BCUT2D eigenvalue weighted by Gasteiger charge is -2.32. The maximum absolute atomic E-state index is 5.48. The van der Waals surface area contributed by atoms with E-state index >= 15 is 0 Å². The Bertz CT molecular complexity index is 3000. The van der Waals surface area contributed by atoms with Crippen LogP contribution in [-0.4, -0.2) is 26.9 Å². The third-order valence-electron chi connectivity index (χ3n) is 11.5. The van der Waals surface area contributed by atoms with Crippen LogP contribution in [0.15, 0.2) is 174 Å². The molecule has 1 unspecified atom stereocenters. The molecule has 0 saturated heterocycles. The number of aromatic nitrogens is 2. The normalized spacial score (nSPS) is 15.5. The van der Waals surface area contributed by atoms with Crippen LogP contribution in [0.5, 0.6) is 0 Å². The number of aliphatic imine (C=N–C) groups is 1. The first-order valence-electron chi connectivity index (χ1n) is 18.5. The van der Waals surface area contributed by atoms with Crippen molar-refractivity contribution in [3.8, 4) is 27.9 Å². The van der Waals surface area contributed by atoms with Crippen LogP contribution in [0.3, 0.4) is 0 Å². The first-order valence-corrected chi connectivity index (χ1v) is 18.5. The van der Waals surface area contributed by atoms with Gasteiger partial charge in [0.05, 0.1) is 33.5 Å². The van der Waals surface area contributed by atoms with Crippen molar-refractivity contribution in [2.75, 3.05) is 7.05 Å². The molecule has 0 fully saturated rings. The Balaban J connectivity index is 1.22. The minimum Gasteiger partial charge on any atom is -0.338 e. The van der Waals surface area contributed by atoms with E-state index in [2.05, 4.69) is 192 Å². The summed E-state index contributed by atoms with van der Waals surface area (Å²) in [6.07, 6.45) is 0.788. The van der Waals surface area contributed by atoms with Crippen molar-refractivity contribution in [3.05, 3.63) is 180 Å². The van der Waals surface area contributed by atoms with Crippen molar-refractivity contribution in [2.24, 2.45) is 4.99 Å². The third kappa shape index (κ3) is 4.33. The van der Waals surface area contributed by atoms with E-state index in [1.54, 1.807) is 0 Å². The zero-order valence-corrected chi connectivity index (χ0v) is 29.7. The summed E-state index contributed by atoms with van der Waals surface area (Å²) in [5.41, 5.74) is 15.7. The van der Waals surface area contributed by atoms with Gasteiger partial charge in [0, 0.05) is 57.3 Å². The molecule has 0 saturated carbocycles. The summed E-state index contributed by atoms with van der Waals surface area (Å²) in [5.74, 6) is 0.968. The first-order chi connectivity index (χ1) is 26.2. The Kier molecular flexibility index (Phi) is 6.47. The monoisotopic (exact) mass is 680 g/mol. The number of rotatable bonds is 3. The topological polar surface area (TPSA) is 25.5 Å². The Hall–Kier alpha value is -6.65. The van der Waals surface area contributed by atoms with E-state index in [0.717, 1.165) is 29.1 Å². The Morgan fingerprint density at radius 1 is 0.509 bits per heavy atom. The molecule has 9 aromatic rings. The Morgan fingerprint density at radius 3 is 1.91 bits per heavy atom. The van der Waals surface area contributed by atoms with Crippen molar-refractivity contribution >= 4 is 55.1 Å². The fourth-order valence-electron chi connectivity index (χ4n) is 9.15. The lowest BCUT2D eigenvalue weighted by molar-refractivity contribution is 0.290. The molecule has 4 heterocycles. The number of para-hydroxylation sites is 4. The van der Waals surface area contributed by atoms with Crippen LogP contribution in [0.2, 0.25) is 0 Å². The van der Waals surface area contributed by atoms with E-state index in [1.165, 1.54) is 77.1 Å². The van der Waals surface area contributed by atoms with Crippen LogP contribution in [0, 0.1) is 0 Å². The molecule has 4 heteroatoms. The van der Waals surface area contributed by atoms with Gasteiger partial charge in [-0.05, 0) is 54.0 Å². The van der Waals surface area contributed by atoms with Crippen molar-refractivity contribution in [1.82, 2.24) is 14.0 Å². The van der Waals surface area contributed by atoms with Crippen molar-refractivity contribution in [1.29, 1.82) is 0 Å². The predicted octanol–water partition coefficient (Wildman–Crippen LogP) is 12.3. The highest BCUT2D eigenvalue weighted by molar-refractivity contribution is 6.19. The second-order valence-electron chi connectivity index (χ2n) is 14.5. The van der Waals surface area contributed by atoms with Gasteiger partial charge in [0.2, 0.25) is 0 Å². The number of benzene rings is 7. The molecule has 0 N–H and O–H groups in total. The molecule has 4 nitrogen and oxygen atoms in total. The Morgan fingerprint density at radius 2 is 1.11 bits per heavy atom. The molecule has 0 bridgehead atoms. The highest BCUT2D eigenvalue weighted by Gasteiger charge is 2.31. The smallest absolute Gasteiger partial charge is 0.137 e. The maximum atomic E-state index is 5.48. The summed E-state index contributed by atoms with van der Waals surface area (Å²) in [4.78, 5) is 7.88. The molecule has 0 aliphatic carbocycles. The van der Waals surface area contributed by atoms with E-state index in [0.29, 0.717) is 0 Å². The van der Waals surface area contributed by atoms with Gasteiger partial charge in [0.15, 0.2) is 0 Å². The molecular formula is C49H36N4. The van der Waals surface area contributed by atoms with E-state index in [-0.39, 0.29) is 6.17 Å². The van der Waals surface area contributed by atoms with Crippen LogP contribution in [-0.2, 0) is 0 Å². The molecule has 53 heavy (non-hydrogen) atoms. The van der Waals surface area contributed by atoms with Gasteiger partial charge in [0.25, 0.3) is 0 Å². The second kappa shape index (κ2) is 11.4. The third-order valence-corrected chi connectivity index (χ3v) is 11.5. The molecular weight excluding hydrogens is 645 g/mol. The average Bonchev–Trinajstić information content (AvgIpc) is 3.63. The van der Waals surface area contributed by atoms with Crippen molar-refractivity contribution < 1.29 is 0 Å². The average molecular weight is 681 g/mol.